The van der Waals surface area contributed by atoms with Gasteiger partial charge in [0.05, 0.1) is 5.69 Å². The molecule has 1 heterocycles. The molecule has 3 nitrogen and oxygen atoms in total. The molecule has 0 bridgehead atoms. The fourth-order valence-corrected chi connectivity index (χ4v) is 2.18. The van der Waals surface area contributed by atoms with Crippen molar-refractivity contribution in [3.05, 3.63) is 28.5 Å². The van der Waals surface area contributed by atoms with Gasteiger partial charge in [-0.15, -0.1) is 0 Å². The molecule has 90 valence electrons. The van der Waals surface area contributed by atoms with Crippen LogP contribution in [-0.4, -0.2) is 11.8 Å². The van der Waals surface area contributed by atoms with Crippen LogP contribution in [0.15, 0.2) is 22.7 Å². The first-order chi connectivity index (χ1) is 8.09. The SMILES string of the molecule is O=C1CCCCC(=O)N1c1ccc(Br)cc1F. The molecular formula is C12H11BrFNO2. The van der Waals surface area contributed by atoms with Crippen LogP contribution in [0.4, 0.5) is 10.1 Å². The van der Waals surface area contributed by atoms with Gasteiger partial charge < -0.3 is 0 Å². The second kappa shape index (κ2) is 4.96. The van der Waals surface area contributed by atoms with Gasteiger partial charge in [0.25, 0.3) is 0 Å². The average molecular weight is 300 g/mol. The summed E-state index contributed by atoms with van der Waals surface area (Å²) in [6.07, 6.45) is 1.95. The predicted octanol–water partition coefficient (Wildman–Crippen LogP) is 3.02. The molecule has 5 heteroatoms. The lowest BCUT2D eigenvalue weighted by atomic mass is 10.2. The first-order valence-electron chi connectivity index (χ1n) is 5.40. The second-order valence-electron chi connectivity index (χ2n) is 3.93. The topological polar surface area (TPSA) is 37.4 Å². The van der Waals surface area contributed by atoms with Gasteiger partial charge in [0.1, 0.15) is 5.82 Å². The molecule has 0 unspecified atom stereocenters. The fraction of sp³-hybridized carbons (Fsp3) is 0.333. The zero-order valence-corrected chi connectivity index (χ0v) is 10.7. The number of carbonyl (C=O) groups excluding carboxylic acids is 2. The molecule has 1 aromatic rings. The summed E-state index contributed by atoms with van der Waals surface area (Å²) < 4.78 is 14.3. The van der Waals surface area contributed by atoms with Crippen molar-refractivity contribution in [3.8, 4) is 0 Å². The molecule has 0 atom stereocenters. The molecule has 0 aliphatic carbocycles. The summed E-state index contributed by atoms with van der Waals surface area (Å²) in [5, 5.41) is 0. The summed E-state index contributed by atoms with van der Waals surface area (Å²) in [5.41, 5.74) is 0.0464. The van der Waals surface area contributed by atoms with Crippen LogP contribution in [0.25, 0.3) is 0 Å². The summed E-state index contributed by atoms with van der Waals surface area (Å²) in [4.78, 5) is 24.5. The molecular weight excluding hydrogens is 289 g/mol. The lowest BCUT2D eigenvalue weighted by Crippen LogP contribution is -2.35. The van der Waals surface area contributed by atoms with E-state index in [4.69, 9.17) is 0 Å². The maximum absolute atomic E-state index is 13.7. The molecule has 0 N–H and O–H groups in total. The van der Waals surface area contributed by atoms with Crippen molar-refractivity contribution in [2.75, 3.05) is 4.90 Å². The highest BCUT2D eigenvalue weighted by Gasteiger charge is 2.27. The number of benzene rings is 1. The van der Waals surface area contributed by atoms with Crippen LogP contribution in [0.1, 0.15) is 25.7 Å². The van der Waals surface area contributed by atoms with Gasteiger partial charge in [0.2, 0.25) is 11.8 Å². The van der Waals surface area contributed by atoms with Crippen LogP contribution in [0.2, 0.25) is 0 Å². The zero-order valence-electron chi connectivity index (χ0n) is 9.08. The Morgan fingerprint density at radius 2 is 1.71 bits per heavy atom. The van der Waals surface area contributed by atoms with E-state index in [1.165, 1.54) is 12.1 Å². The van der Waals surface area contributed by atoms with E-state index >= 15 is 0 Å². The highest BCUT2D eigenvalue weighted by Crippen LogP contribution is 2.26. The van der Waals surface area contributed by atoms with E-state index < -0.39 is 5.82 Å². The van der Waals surface area contributed by atoms with E-state index in [9.17, 15) is 14.0 Å². The fourth-order valence-electron chi connectivity index (χ4n) is 1.85. The molecule has 2 rings (SSSR count). The van der Waals surface area contributed by atoms with Crippen LogP contribution in [0.5, 0.6) is 0 Å². The van der Waals surface area contributed by atoms with Crippen LogP contribution in [0.3, 0.4) is 0 Å². The van der Waals surface area contributed by atoms with Crippen molar-refractivity contribution < 1.29 is 14.0 Å². The number of nitrogens with zero attached hydrogens (tertiary/aromatic N) is 1. The summed E-state index contributed by atoms with van der Waals surface area (Å²) in [5.74, 6) is -1.22. The van der Waals surface area contributed by atoms with E-state index in [-0.39, 0.29) is 17.5 Å². The molecule has 1 saturated heterocycles. The number of hydrogen-bond acceptors (Lipinski definition) is 2. The summed E-state index contributed by atoms with van der Waals surface area (Å²) in [6.45, 7) is 0. The lowest BCUT2D eigenvalue weighted by Gasteiger charge is -2.19. The van der Waals surface area contributed by atoms with Crippen molar-refractivity contribution in [3.63, 3.8) is 0 Å². The van der Waals surface area contributed by atoms with Gasteiger partial charge in [-0.05, 0) is 31.0 Å². The monoisotopic (exact) mass is 299 g/mol. The summed E-state index contributed by atoms with van der Waals surface area (Å²) >= 11 is 3.14. The van der Waals surface area contributed by atoms with Gasteiger partial charge in [-0.25, -0.2) is 9.29 Å². The Morgan fingerprint density at radius 1 is 1.12 bits per heavy atom. The van der Waals surface area contributed by atoms with Crippen LogP contribution < -0.4 is 4.90 Å². The van der Waals surface area contributed by atoms with Gasteiger partial charge in [-0.3, -0.25) is 9.59 Å². The minimum absolute atomic E-state index is 0.0464. The molecule has 1 aliphatic rings. The first-order valence-corrected chi connectivity index (χ1v) is 6.20. The smallest absolute Gasteiger partial charge is 0.233 e. The second-order valence-corrected chi connectivity index (χ2v) is 4.84. The van der Waals surface area contributed by atoms with Gasteiger partial charge in [0.15, 0.2) is 0 Å². The van der Waals surface area contributed by atoms with Crippen molar-refractivity contribution in [2.45, 2.75) is 25.7 Å². The Morgan fingerprint density at radius 3 is 2.24 bits per heavy atom. The summed E-state index contributed by atoms with van der Waals surface area (Å²) in [7, 11) is 0. The molecule has 1 aromatic carbocycles. The van der Waals surface area contributed by atoms with E-state index in [1.807, 2.05) is 0 Å². The lowest BCUT2D eigenvalue weighted by molar-refractivity contribution is -0.125. The maximum atomic E-state index is 13.7. The molecule has 0 aromatic heterocycles. The minimum atomic E-state index is -0.567. The standard InChI is InChI=1S/C12H11BrFNO2/c13-8-5-6-10(9(14)7-8)15-11(16)3-1-2-4-12(15)17/h5-7H,1-4H2. The number of anilines is 1. The third kappa shape index (κ3) is 2.54. The van der Waals surface area contributed by atoms with Gasteiger partial charge >= 0.3 is 0 Å². The number of hydrogen-bond donors (Lipinski definition) is 0. The Bertz CT molecular complexity index is 458. The first kappa shape index (κ1) is 12.2. The molecule has 17 heavy (non-hydrogen) atoms. The van der Waals surface area contributed by atoms with E-state index in [2.05, 4.69) is 15.9 Å². The minimum Gasteiger partial charge on any atom is -0.274 e. The normalized spacial score (nSPS) is 17.2. The largest absolute Gasteiger partial charge is 0.274 e. The van der Waals surface area contributed by atoms with Crippen LogP contribution in [0, 0.1) is 5.82 Å². The molecule has 2 amide bonds. The number of imide groups is 1. The van der Waals surface area contributed by atoms with Crippen LogP contribution in [-0.2, 0) is 9.59 Å². The van der Waals surface area contributed by atoms with E-state index in [1.54, 1.807) is 6.07 Å². The Labute approximate surface area is 107 Å². The molecule has 0 saturated carbocycles. The highest BCUT2D eigenvalue weighted by molar-refractivity contribution is 9.10. The maximum Gasteiger partial charge on any atom is 0.233 e. The van der Waals surface area contributed by atoms with Crippen molar-refractivity contribution in [1.82, 2.24) is 0 Å². The van der Waals surface area contributed by atoms with Crippen LogP contribution >= 0.6 is 15.9 Å². The molecule has 1 aliphatic heterocycles. The number of carbonyl (C=O) groups is 2. The number of rotatable bonds is 1. The average Bonchev–Trinajstić information content (AvgIpc) is 2.42. The predicted molar refractivity (Wildman–Crippen MR) is 65.1 cm³/mol. The third-order valence-corrected chi connectivity index (χ3v) is 3.17. The zero-order chi connectivity index (χ0) is 12.4. The van der Waals surface area contributed by atoms with E-state index in [0.717, 1.165) is 4.90 Å². The van der Waals surface area contributed by atoms with Crippen molar-refractivity contribution >= 4 is 33.4 Å². The summed E-state index contributed by atoms with van der Waals surface area (Å²) in [6, 6.07) is 4.31. The molecule has 1 fully saturated rings. The van der Waals surface area contributed by atoms with Crippen molar-refractivity contribution in [1.29, 1.82) is 0 Å². The molecule has 0 spiro atoms. The quantitative estimate of drug-likeness (QED) is 0.748. The van der Waals surface area contributed by atoms with Gasteiger partial charge in [-0.1, -0.05) is 15.9 Å². The third-order valence-electron chi connectivity index (χ3n) is 2.68. The number of amides is 2. The van der Waals surface area contributed by atoms with Gasteiger partial charge in [0, 0.05) is 17.3 Å². The molecule has 0 radical (unpaired) electrons. The van der Waals surface area contributed by atoms with Gasteiger partial charge in [-0.2, -0.15) is 0 Å². The Balaban J connectivity index is 2.41. The van der Waals surface area contributed by atoms with E-state index in [0.29, 0.717) is 30.2 Å². The number of halogens is 2. The Hall–Kier alpha value is -1.23. The van der Waals surface area contributed by atoms with Crippen molar-refractivity contribution in [2.24, 2.45) is 0 Å². The Kier molecular flexibility index (Phi) is 3.57. The highest BCUT2D eigenvalue weighted by atomic mass is 79.9.